The lowest BCUT2D eigenvalue weighted by Gasteiger charge is -2.35. The van der Waals surface area contributed by atoms with Gasteiger partial charge in [0.15, 0.2) is 0 Å². The van der Waals surface area contributed by atoms with Gasteiger partial charge in [-0.15, -0.1) is 0 Å². The number of hydrogen-bond acceptors (Lipinski definition) is 8. The molecule has 10 nitrogen and oxygen atoms in total. The number of amides is 1. The molecule has 10 heteroatoms. The number of hydrogen-bond donors (Lipinski definition) is 0. The Balaban J connectivity index is 1.33. The highest BCUT2D eigenvalue weighted by Gasteiger charge is 2.28. The molecule has 0 aliphatic carbocycles. The van der Waals surface area contributed by atoms with Crippen LogP contribution < -0.4 is 4.90 Å². The maximum Gasteiger partial charge on any atom is 0.270 e. The van der Waals surface area contributed by atoms with Crippen molar-refractivity contribution in [3.8, 4) is 11.3 Å². The van der Waals surface area contributed by atoms with Gasteiger partial charge < -0.3 is 14.3 Å². The molecule has 3 aromatic carbocycles. The quantitative estimate of drug-likeness (QED) is 0.206. The van der Waals surface area contributed by atoms with Crippen LogP contribution in [0.1, 0.15) is 30.0 Å². The summed E-state index contributed by atoms with van der Waals surface area (Å²) >= 11 is 0. The first-order valence-electron chi connectivity index (χ1n) is 13.3. The van der Waals surface area contributed by atoms with Crippen molar-refractivity contribution in [2.75, 3.05) is 31.1 Å². The second-order valence-corrected chi connectivity index (χ2v) is 10.4. The van der Waals surface area contributed by atoms with Crippen LogP contribution in [0, 0.1) is 16.0 Å². The molecule has 202 valence electrons. The van der Waals surface area contributed by atoms with Crippen LogP contribution in [0.5, 0.6) is 0 Å². The molecule has 0 bridgehead atoms. The topological polar surface area (TPSA) is 118 Å². The maximum atomic E-state index is 13.1. The Morgan fingerprint density at radius 2 is 1.75 bits per heavy atom. The molecule has 0 spiro atoms. The smallest absolute Gasteiger partial charge is 0.270 e. The lowest BCUT2D eigenvalue weighted by Crippen LogP contribution is -2.49. The number of non-ortho nitro benzene ring substituents is 1. The van der Waals surface area contributed by atoms with Crippen LogP contribution in [-0.4, -0.2) is 57.0 Å². The van der Waals surface area contributed by atoms with Crippen molar-refractivity contribution >= 4 is 39.3 Å². The molecule has 1 aliphatic heterocycles. The standard InChI is InChI=1S/C30H28N6O4/c1-19(2)16-25-31-28(34-12-14-35(15-13-34)30(37)23-8-5-9-24(18-23)36(38)39)26-27(33-40-29(26)32-25)22-11-10-20-6-3-4-7-21(20)17-22/h3-11,17-19H,12-16H2,1-2H3. The minimum absolute atomic E-state index is 0.0979. The summed E-state index contributed by atoms with van der Waals surface area (Å²) in [7, 11) is 0. The first kappa shape index (κ1) is 25.4. The third kappa shape index (κ3) is 4.84. The summed E-state index contributed by atoms with van der Waals surface area (Å²) in [6.45, 7) is 6.21. The molecule has 3 heterocycles. The normalized spacial score (nSPS) is 13.9. The van der Waals surface area contributed by atoms with Crippen LogP contribution in [0.2, 0.25) is 0 Å². The number of carbonyl (C=O) groups is 1. The van der Waals surface area contributed by atoms with Crippen molar-refractivity contribution in [3.63, 3.8) is 0 Å². The van der Waals surface area contributed by atoms with E-state index in [9.17, 15) is 14.9 Å². The van der Waals surface area contributed by atoms with Gasteiger partial charge in [0, 0.05) is 55.9 Å². The van der Waals surface area contributed by atoms with E-state index in [0.29, 0.717) is 61.3 Å². The third-order valence-corrected chi connectivity index (χ3v) is 7.15. The Morgan fingerprint density at radius 1 is 0.975 bits per heavy atom. The van der Waals surface area contributed by atoms with Crippen molar-refractivity contribution in [2.24, 2.45) is 5.92 Å². The average molecular weight is 537 g/mol. The van der Waals surface area contributed by atoms with E-state index in [1.54, 1.807) is 11.0 Å². The fraction of sp³-hybridized carbons (Fsp3) is 0.267. The van der Waals surface area contributed by atoms with Gasteiger partial charge in [-0.2, -0.15) is 4.98 Å². The van der Waals surface area contributed by atoms with Crippen molar-refractivity contribution in [2.45, 2.75) is 20.3 Å². The van der Waals surface area contributed by atoms with E-state index in [2.05, 4.69) is 48.2 Å². The molecule has 40 heavy (non-hydrogen) atoms. The number of anilines is 1. The molecule has 0 unspecified atom stereocenters. The van der Waals surface area contributed by atoms with Gasteiger partial charge in [0.05, 0.1) is 4.92 Å². The van der Waals surface area contributed by atoms with Crippen molar-refractivity contribution < 1.29 is 14.2 Å². The predicted molar refractivity (Wildman–Crippen MR) is 152 cm³/mol. The van der Waals surface area contributed by atoms with E-state index in [0.717, 1.165) is 27.5 Å². The van der Waals surface area contributed by atoms with Crippen LogP contribution in [0.25, 0.3) is 33.1 Å². The van der Waals surface area contributed by atoms with Crippen LogP contribution in [0.4, 0.5) is 11.5 Å². The molecule has 1 saturated heterocycles. The Bertz CT molecular complexity index is 1740. The van der Waals surface area contributed by atoms with Crippen LogP contribution in [-0.2, 0) is 6.42 Å². The summed E-state index contributed by atoms with van der Waals surface area (Å²) in [4.78, 5) is 37.4. The predicted octanol–water partition coefficient (Wildman–Crippen LogP) is 5.51. The van der Waals surface area contributed by atoms with E-state index >= 15 is 0 Å². The molecule has 1 fully saturated rings. The summed E-state index contributed by atoms with van der Waals surface area (Å²) < 4.78 is 5.77. The average Bonchev–Trinajstić information content (AvgIpc) is 3.40. The monoisotopic (exact) mass is 536 g/mol. The molecule has 2 aromatic heterocycles. The van der Waals surface area contributed by atoms with Crippen LogP contribution >= 0.6 is 0 Å². The molecule has 0 N–H and O–H groups in total. The number of carbonyl (C=O) groups excluding carboxylic acids is 1. The van der Waals surface area contributed by atoms with Gasteiger partial charge in [-0.25, -0.2) is 4.98 Å². The fourth-order valence-electron chi connectivity index (χ4n) is 5.16. The number of piperazine rings is 1. The summed E-state index contributed by atoms with van der Waals surface area (Å²) in [5, 5.41) is 18.6. The zero-order chi connectivity index (χ0) is 27.8. The summed E-state index contributed by atoms with van der Waals surface area (Å²) in [6.07, 6.45) is 0.695. The van der Waals surface area contributed by atoms with Gasteiger partial charge in [0.2, 0.25) is 0 Å². The minimum Gasteiger partial charge on any atom is -0.352 e. The highest BCUT2D eigenvalue weighted by Crippen LogP contribution is 2.35. The maximum absolute atomic E-state index is 13.1. The molecule has 0 atom stereocenters. The van der Waals surface area contributed by atoms with Gasteiger partial charge >= 0.3 is 0 Å². The second-order valence-electron chi connectivity index (χ2n) is 10.4. The number of nitro groups is 1. The molecule has 5 aromatic rings. The zero-order valence-corrected chi connectivity index (χ0v) is 22.3. The highest BCUT2D eigenvalue weighted by atomic mass is 16.6. The minimum atomic E-state index is -0.490. The summed E-state index contributed by atoms with van der Waals surface area (Å²) in [5.41, 5.74) is 2.25. The van der Waals surface area contributed by atoms with E-state index in [4.69, 9.17) is 14.5 Å². The third-order valence-electron chi connectivity index (χ3n) is 7.15. The first-order chi connectivity index (χ1) is 19.4. The Labute approximate surface area is 230 Å². The largest absolute Gasteiger partial charge is 0.352 e. The number of nitro benzene ring substituents is 1. The Morgan fingerprint density at radius 3 is 2.50 bits per heavy atom. The van der Waals surface area contributed by atoms with Crippen LogP contribution in [0.15, 0.2) is 71.3 Å². The fourth-order valence-corrected chi connectivity index (χ4v) is 5.16. The van der Waals surface area contributed by atoms with Gasteiger partial charge in [-0.3, -0.25) is 14.9 Å². The first-order valence-corrected chi connectivity index (χ1v) is 13.3. The highest BCUT2D eigenvalue weighted by molar-refractivity contribution is 6.00. The SMILES string of the molecule is CC(C)Cc1nc(N2CCN(C(=O)c3cccc([N+](=O)[O-])c3)CC2)c2c(-c3ccc4ccccc4c3)noc2n1. The van der Waals surface area contributed by atoms with Crippen molar-refractivity contribution in [3.05, 3.63) is 88.2 Å². The number of rotatable bonds is 6. The van der Waals surface area contributed by atoms with E-state index in [1.165, 1.54) is 18.2 Å². The second kappa shape index (κ2) is 10.4. The van der Waals surface area contributed by atoms with Crippen molar-refractivity contribution in [1.29, 1.82) is 0 Å². The number of nitrogens with zero attached hydrogens (tertiary/aromatic N) is 6. The van der Waals surface area contributed by atoms with E-state index < -0.39 is 4.92 Å². The van der Waals surface area contributed by atoms with Crippen LogP contribution in [0.3, 0.4) is 0 Å². The Hall–Kier alpha value is -4.86. The number of benzene rings is 3. The van der Waals surface area contributed by atoms with Crippen molar-refractivity contribution in [1.82, 2.24) is 20.0 Å². The van der Waals surface area contributed by atoms with Gasteiger partial charge in [-0.05, 0) is 28.8 Å². The van der Waals surface area contributed by atoms with Gasteiger partial charge in [0.25, 0.3) is 17.3 Å². The van der Waals surface area contributed by atoms with Gasteiger partial charge in [0.1, 0.15) is 22.7 Å². The zero-order valence-electron chi connectivity index (χ0n) is 22.3. The number of aromatic nitrogens is 3. The van der Waals surface area contributed by atoms with Gasteiger partial charge in [-0.1, -0.05) is 61.5 Å². The lowest BCUT2D eigenvalue weighted by atomic mass is 10.0. The summed E-state index contributed by atoms with van der Waals surface area (Å²) in [6, 6.07) is 20.2. The molecule has 0 radical (unpaired) electrons. The molecular weight excluding hydrogens is 508 g/mol. The molecule has 1 amide bonds. The number of fused-ring (bicyclic) bond motifs is 2. The molecule has 6 rings (SSSR count). The molecular formula is C30H28N6O4. The molecule has 1 aliphatic rings. The Kier molecular flexibility index (Phi) is 6.59. The van der Waals surface area contributed by atoms with E-state index in [-0.39, 0.29) is 11.6 Å². The lowest BCUT2D eigenvalue weighted by molar-refractivity contribution is -0.384. The van der Waals surface area contributed by atoms with E-state index in [1.807, 2.05) is 18.2 Å². The summed E-state index contributed by atoms with van der Waals surface area (Å²) in [5.74, 6) is 1.57. The molecule has 0 saturated carbocycles.